The van der Waals surface area contributed by atoms with Crippen LogP contribution in [-0.2, 0) is 4.79 Å². The van der Waals surface area contributed by atoms with Crippen LogP contribution in [0.4, 0.5) is 5.69 Å². The van der Waals surface area contributed by atoms with Crippen molar-refractivity contribution in [3.05, 3.63) is 59.0 Å². The fourth-order valence-electron chi connectivity index (χ4n) is 2.53. The Morgan fingerprint density at radius 1 is 0.962 bits per heavy atom. The van der Waals surface area contributed by atoms with Crippen molar-refractivity contribution in [1.82, 2.24) is 0 Å². The van der Waals surface area contributed by atoms with Gasteiger partial charge in [0.15, 0.2) is 4.32 Å². The quantitative estimate of drug-likeness (QED) is 0.523. The molecule has 1 fully saturated rings. The molecule has 4 nitrogen and oxygen atoms in total. The largest absolute Gasteiger partial charge is 0.494 e. The highest BCUT2D eigenvalue weighted by Gasteiger charge is 2.33. The number of rotatable bonds is 6. The lowest BCUT2D eigenvalue weighted by molar-refractivity contribution is -0.113. The number of hydrogen-bond acceptors (Lipinski definition) is 5. The number of thioether (sulfide) groups is 1. The summed E-state index contributed by atoms with van der Waals surface area (Å²) in [6.07, 6.45) is 1.85. The molecule has 0 aromatic heterocycles. The van der Waals surface area contributed by atoms with E-state index < -0.39 is 0 Å². The van der Waals surface area contributed by atoms with Crippen molar-refractivity contribution < 1.29 is 14.3 Å². The van der Waals surface area contributed by atoms with Gasteiger partial charge in [-0.25, -0.2) is 0 Å². The number of anilines is 1. The summed E-state index contributed by atoms with van der Waals surface area (Å²) in [5, 5.41) is 0. The molecular weight excluding hydrogens is 366 g/mol. The first-order valence-electron chi connectivity index (χ1n) is 8.36. The Bertz CT molecular complexity index is 829. The lowest BCUT2D eigenvalue weighted by Crippen LogP contribution is -2.27. The molecule has 0 aliphatic carbocycles. The van der Waals surface area contributed by atoms with Gasteiger partial charge >= 0.3 is 0 Å². The lowest BCUT2D eigenvalue weighted by atomic mass is 10.2. The molecule has 0 atom stereocenters. The van der Waals surface area contributed by atoms with Crippen molar-refractivity contribution in [3.63, 3.8) is 0 Å². The van der Waals surface area contributed by atoms with Gasteiger partial charge in [0.05, 0.1) is 23.8 Å². The molecule has 0 unspecified atom stereocenters. The highest BCUT2D eigenvalue weighted by Crippen LogP contribution is 2.36. The second-order valence-electron chi connectivity index (χ2n) is 5.45. The third-order valence-electron chi connectivity index (χ3n) is 3.69. The predicted molar refractivity (Wildman–Crippen MR) is 111 cm³/mol. The van der Waals surface area contributed by atoms with E-state index in [1.165, 1.54) is 11.8 Å². The second kappa shape index (κ2) is 8.38. The number of carbonyl (C=O) groups excluding carboxylic acids is 1. The van der Waals surface area contributed by atoms with Gasteiger partial charge in [0, 0.05) is 0 Å². The Balaban J connectivity index is 1.79. The molecule has 0 bridgehead atoms. The van der Waals surface area contributed by atoms with Crippen molar-refractivity contribution in [2.24, 2.45) is 0 Å². The van der Waals surface area contributed by atoms with E-state index in [1.807, 2.05) is 68.5 Å². The maximum Gasteiger partial charge on any atom is 0.270 e. The van der Waals surface area contributed by atoms with Gasteiger partial charge in [-0.2, -0.15) is 0 Å². The molecule has 134 valence electrons. The number of hydrogen-bond donors (Lipinski definition) is 0. The number of amides is 1. The summed E-state index contributed by atoms with van der Waals surface area (Å²) in [6.45, 7) is 5.10. The van der Waals surface area contributed by atoms with E-state index in [1.54, 1.807) is 4.90 Å². The van der Waals surface area contributed by atoms with Gasteiger partial charge in [0.2, 0.25) is 0 Å². The van der Waals surface area contributed by atoms with Gasteiger partial charge in [-0.3, -0.25) is 9.69 Å². The summed E-state index contributed by atoms with van der Waals surface area (Å²) < 4.78 is 11.4. The van der Waals surface area contributed by atoms with Crippen molar-refractivity contribution in [1.29, 1.82) is 0 Å². The highest BCUT2D eigenvalue weighted by molar-refractivity contribution is 8.27. The van der Waals surface area contributed by atoms with E-state index in [0.717, 1.165) is 22.7 Å². The van der Waals surface area contributed by atoms with E-state index in [0.29, 0.717) is 22.4 Å². The molecule has 2 aromatic rings. The number of benzene rings is 2. The average molecular weight is 386 g/mol. The summed E-state index contributed by atoms with van der Waals surface area (Å²) in [5.74, 6) is 1.47. The third kappa shape index (κ3) is 4.08. The number of nitrogens with zero attached hydrogens (tertiary/aromatic N) is 1. The van der Waals surface area contributed by atoms with Gasteiger partial charge in [-0.1, -0.05) is 36.1 Å². The maximum absolute atomic E-state index is 12.8. The van der Waals surface area contributed by atoms with Crippen molar-refractivity contribution in [3.8, 4) is 11.5 Å². The summed E-state index contributed by atoms with van der Waals surface area (Å²) >= 11 is 6.71. The minimum atomic E-state index is -0.113. The minimum absolute atomic E-state index is 0.113. The topological polar surface area (TPSA) is 38.8 Å². The van der Waals surface area contributed by atoms with Crippen LogP contribution in [0.15, 0.2) is 53.4 Å². The van der Waals surface area contributed by atoms with Crippen LogP contribution in [0.25, 0.3) is 6.08 Å². The van der Waals surface area contributed by atoms with Crippen LogP contribution in [-0.4, -0.2) is 23.4 Å². The number of ether oxygens (including phenoxy) is 2. The minimum Gasteiger partial charge on any atom is -0.494 e. The van der Waals surface area contributed by atoms with Crippen LogP contribution in [0.5, 0.6) is 11.5 Å². The van der Waals surface area contributed by atoms with Gasteiger partial charge in [-0.05, 0) is 61.9 Å². The normalized spacial score (nSPS) is 15.6. The molecule has 0 radical (unpaired) electrons. The maximum atomic E-state index is 12.8. The third-order valence-corrected chi connectivity index (χ3v) is 4.99. The Labute approximate surface area is 162 Å². The summed E-state index contributed by atoms with van der Waals surface area (Å²) in [4.78, 5) is 15.0. The van der Waals surface area contributed by atoms with E-state index in [9.17, 15) is 4.79 Å². The molecule has 1 saturated heterocycles. The molecule has 0 N–H and O–H groups in total. The van der Waals surface area contributed by atoms with Crippen molar-refractivity contribution >= 4 is 46.0 Å². The summed E-state index contributed by atoms with van der Waals surface area (Å²) in [7, 11) is 0. The fourth-order valence-corrected chi connectivity index (χ4v) is 3.83. The molecule has 2 aromatic carbocycles. The Kier molecular flexibility index (Phi) is 5.96. The van der Waals surface area contributed by atoms with Crippen LogP contribution >= 0.6 is 24.0 Å². The zero-order valence-corrected chi connectivity index (χ0v) is 16.2. The predicted octanol–water partition coefficient (Wildman–Crippen LogP) is 4.89. The van der Waals surface area contributed by atoms with E-state index in [4.69, 9.17) is 21.7 Å². The Morgan fingerprint density at radius 2 is 1.50 bits per heavy atom. The standard InChI is InChI=1S/C20H19NO3S2/c1-3-23-16-9-5-14(6-10-16)13-18-19(22)21(20(25)26-18)15-7-11-17(12-8-15)24-4-2/h5-13H,3-4H2,1-2H3/b18-13-. The first kappa shape index (κ1) is 18.5. The smallest absolute Gasteiger partial charge is 0.270 e. The van der Waals surface area contributed by atoms with E-state index in [2.05, 4.69) is 0 Å². The molecular formula is C20H19NO3S2. The monoisotopic (exact) mass is 385 g/mol. The van der Waals surface area contributed by atoms with Crippen LogP contribution in [0.1, 0.15) is 19.4 Å². The van der Waals surface area contributed by atoms with Gasteiger partial charge in [0.1, 0.15) is 11.5 Å². The van der Waals surface area contributed by atoms with Crippen molar-refractivity contribution in [2.75, 3.05) is 18.1 Å². The van der Waals surface area contributed by atoms with Crippen LogP contribution < -0.4 is 14.4 Å². The Morgan fingerprint density at radius 3 is 2.04 bits per heavy atom. The molecule has 0 spiro atoms. The molecule has 26 heavy (non-hydrogen) atoms. The highest BCUT2D eigenvalue weighted by atomic mass is 32.2. The number of carbonyl (C=O) groups is 1. The SMILES string of the molecule is CCOc1ccc(/C=C2\SC(=S)N(c3ccc(OCC)cc3)C2=O)cc1. The van der Waals surface area contributed by atoms with Gasteiger partial charge in [0.25, 0.3) is 5.91 Å². The van der Waals surface area contributed by atoms with Crippen LogP contribution in [0, 0.1) is 0 Å². The fraction of sp³-hybridized carbons (Fsp3) is 0.200. The Hall–Kier alpha value is -2.31. The second-order valence-corrected chi connectivity index (χ2v) is 7.12. The molecule has 6 heteroatoms. The van der Waals surface area contributed by atoms with Gasteiger partial charge < -0.3 is 9.47 Å². The lowest BCUT2D eigenvalue weighted by Gasteiger charge is -2.15. The first-order valence-corrected chi connectivity index (χ1v) is 9.58. The van der Waals surface area contributed by atoms with Crippen LogP contribution in [0.3, 0.4) is 0 Å². The first-order chi connectivity index (χ1) is 12.6. The molecule has 1 heterocycles. The van der Waals surface area contributed by atoms with Gasteiger partial charge in [-0.15, -0.1) is 0 Å². The van der Waals surface area contributed by atoms with E-state index >= 15 is 0 Å². The number of thiocarbonyl (C=S) groups is 1. The van der Waals surface area contributed by atoms with Crippen molar-refractivity contribution in [2.45, 2.75) is 13.8 Å². The molecule has 3 rings (SSSR count). The van der Waals surface area contributed by atoms with E-state index in [-0.39, 0.29) is 5.91 Å². The average Bonchev–Trinajstić information content (AvgIpc) is 2.92. The zero-order chi connectivity index (χ0) is 18.5. The summed E-state index contributed by atoms with van der Waals surface area (Å²) in [6, 6.07) is 15.0. The molecule has 1 amide bonds. The van der Waals surface area contributed by atoms with Crippen LogP contribution in [0.2, 0.25) is 0 Å². The summed E-state index contributed by atoms with van der Waals surface area (Å²) in [5.41, 5.74) is 1.67. The molecule has 0 saturated carbocycles. The molecule has 1 aliphatic heterocycles. The zero-order valence-electron chi connectivity index (χ0n) is 14.6. The molecule has 1 aliphatic rings.